The maximum atomic E-state index is 12.2. The Morgan fingerprint density at radius 1 is 1.16 bits per heavy atom. The molecule has 1 amide bonds. The first-order chi connectivity index (χ1) is 8.99. The van der Waals surface area contributed by atoms with Gasteiger partial charge in [-0.25, -0.2) is 4.79 Å². The molecule has 0 aromatic heterocycles. The van der Waals surface area contributed by atoms with Gasteiger partial charge in [0, 0.05) is 0 Å². The third-order valence-electron chi connectivity index (χ3n) is 3.44. The molecule has 1 rings (SSSR count). The Hall–Kier alpha value is -1.88. The monoisotopic (exact) mass is 265 g/mol. The Balaban J connectivity index is 3.05. The fourth-order valence-corrected chi connectivity index (χ4v) is 1.87. The highest BCUT2D eigenvalue weighted by Crippen LogP contribution is 2.17. The summed E-state index contributed by atoms with van der Waals surface area (Å²) in [5, 5.41) is 21.2. The number of carbonyl (C=O) groups excluding carboxylic acids is 1. The van der Waals surface area contributed by atoms with Crippen LogP contribution in [-0.2, 0) is 0 Å². The Kier molecular flexibility index (Phi) is 5.06. The van der Waals surface area contributed by atoms with Crippen molar-refractivity contribution in [2.75, 3.05) is 6.61 Å². The average molecular weight is 265 g/mol. The predicted molar refractivity (Wildman–Crippen MR) is 71.3 cm³/mol. The molecular formula is C14H19NO4. The van der Waals surface area contributed by atoms with Crippen LogP contribution in [0.25, 0.3) is 0 Å². The van der Waals surface area contributed by atoms with E-state index in [4.69, 9.17) is 5.11 Å². The number of hydrogen-bond acceptors (Lipinski definition) is 3. The van der Waals surface area contributed by atoms with E-state index in [0.29, 0.717) is 12.8 Å². The second-order valence-electron chi connectivity index (χ2n) is 4.45. The molecule has 3 N–H and O–H groups in total. The quantitative estimate of drug-likeness (QED) is 0.730. The number of benzene rings is 1. The van der Waals surface area contributed by atoms with Crippen LogP contribution < -0.4 is 5.32 Å². The zero-order chi connectivity index (χ0) is 14.5. The summed E-state index contributed by atoms with van der Waals surface area (Å²) in [7, 11) is 0. The van der Waals surface area contributed by atoms with Crippen molar-refractivity contribution in [2.45, 2.75) is 32.2 Å². The van der Waals surface area contributed by atoms with Crippen molar-refractivity contribution in [3.63, 3.8) is 0 Å². The van der Waals surface area contributed by atoms with Gasteiger partial charge in [0.05, 0.1) is 23.3 Å². The molecule has 0 fully saturated rings. The van der Waals surface area contributed by atoms with E-state index in [1.165, 1.54) is 12.1 Å². The predicted octanol–water partition coefficient (Wildman–Crippen LogP) is 1.67. The lowest BCUT2D eigenvalue weighted by molar-refractivity contribution is 0.0685. The number of carboxylic acid groups (broad SMARTS) is 1. The largest absolute Gasteiger partial charge is 0.478 e. The van der Waals surface area contributed by atoms with Gasteiger partial charge in [0.25, 0.3) is 5.91 Å². The fraction of sp³-hybridized carbons (Fsp3) is 0.429. The summed E-state index contributed by atoms with van der Waals surface area (Å²) in [5.74, 6) is -1.62. The van der Waals surface area contributed by atoms with Gasteiger partial charge in [-0.15, -0.1) is 0 Å². The second kappa shape index (κ2) is 6.33. The van der Waals surface area contributed by atoms with Crippen LogP contribution in [-0.4, -0.2) is 34.2 Å². The maximum Gasteiger partial charge on any atom is 0.336 e. The first-order valence-corrected chi connectivity index (χ1v) is 6.25. The van der Waals surface area contributed by atoms with E-state index < -0.39 is 17.4 Å². The van der Waals surface area contributed by atoms with Crippen LogP contribution in [0, 0.1) is 0 Å². The van der Waals surface area contributed by atoms with Crippen molar-refractivity contribution in [3.8, 4) is 0 Å². The van der Waals surface area contributed by atoms with Gasteiger partial charge in [-0.2, -0.15) is 0 Å². The number of aromatic carboxylic acids is 1. The number of rotatable bonds is 6. The van der Waals surface area contributed by atoms with Crippen molar-refractivity contribution in [3.05, 3.63) is 35.4 Å². The van der Waals surface area contributed by atoms with Crippen molar-refractivity contribution < 1.29 is 19.8 Å². The number of amides is 1. The van der Waals surface area contributed by atoms with Crippen LogP contribution in [0.3, 0.4) is 0 Å². The van der Waals surface area contributed by atoms with Crippen LogP contribution in [0.4, 0.5) is 0 Å². The first-order valence-electron chi connectivity index (χ1n) is 6.25. The molecule has 5 nitrogen and oxygen atoms in total. The molecule has 19 heavy (non-hydrogen) atoms. The Bertz CT molecular complexity index is 458. The molecule has 0 radical (unpaired) electrons. The standard InChI is InChI=1S/C14H19NO4/c1-3-14(4-2,9-16)15-12(17)10-7-5-6-8-11(10)13(18)19/h5-8,16H,3-4,9H2,1-2H3,(H,15,17)(H,18,19). The summed E-state index contributed by atoms with van der Waals surface area (Å²) in [6, 6.07) is 6.03. The lowest BCUT2D eigenvalue weighted by Gasteiger charge is -2.30. The summed E-state index contributed by atoms with van der Waals surface area (Å²) < 4.78 is 0. The maximum absolute atomic E-state index is 12.2. The lowest BCUT2D eigenvalue weighted by atomic mass is 9.93. The topological polar surface area (TPSA) is 86.6 Å². The van der Waals surface area contributed by atoms with Gasteiger partial charge in [-0.3, -0.25) is 4.79 Å². The summed E-state index contributed by atoms with van der Waals surface area (Å²) >= 11 is 0. The number of aliphatic hydroxyl groups is 1. The van der Waals surface area contributed by atoms with E-state index in [1.54, 1.807) is 12.1 Å². The lowest BCUT2D eigenvalue weighted by Crippen LogP contribution is -2.50. The van der Waals surface area contributed by atoms with Crippen molar-refractivity contribution >= 4 is 11.9 Å². The number of carbonyl (C=O) groups is 2. The van der Waals surface area contributed by atoms with Gasteiger partial charge >= 0.3 is 5.97 Å². The van der Waals surface area contributed by atoms with Gasteiger partial charge in [-0.05, 0) is 25.0 Å². The smallest absolute Gasteiger partial charge is 0.336 e. The van der Waals surface area contributed by atoms with Gasteiger partial charge in [0.2, 0.25) is 0 Å². The number of aliphatic hydroxyl groups excluding tert-OH is 1. The third-order valence-corrected chi connectivity index (χ3v) is 3.44. The molecular weight excluding hydrogens is 246 g/mol. The Morgan fingerprint density at radius 2 is 1.68 bits per heavy atom. The molecule has 0 saturated carbocycles. The molecule has 0 aliphatic rings. The van der Waals surface area contributed by atoms with E-state index >= 15 is 0 Å². The number of nitrogens with one attached hydrogen (secondary N) is 1. The third kappa shape index (κ3) is 3.32. The van der Waals surface area contributed by atoms with Crippen LogP contribution in [0.5, 0.6) is 0 Å². The molecule has 0 aliphatic carbocycles. The highest BCUT2D eigenvalue weighted by molar-refractivity contribution is 6.05. The minimum atomic E-state index is -1.15. The zero-order valence-electron chi connectivity index (χ0n) is 11.1. The van der Waals surface area contributed by atoms with Gasteiger partial charge < -0.3 is 15.5 Å². The number of hydrogen-bond donors (Lipinski definition) is 3. The molecule has 5 heteroatoms. The molecule has 0 spiro atoms. The summed E-state index contributed by atoms with van der Waals surface area (Å²) in [6.45, 7) is 3.55. The summed E-state index contributed by atoms with van der Waals surface area (Å²) in [4.78, 5) is 23.2. The normalized spacial score (nSPS) is 11.1. The average Bonchev–Trinajstić information content (AvgIpc) is 2.44. The van der Waals surface area contributed by atoms with Gasteiger partial charge in [0.1, 0.15) is 0 Å². The minimum absolute atomic E-state index is 0.0426. The van der Waals surface area contributed by atoms with Crippen LogP contribution in [0.15, 0.2) is 24.3 Å². The van der Waals surface area contributed by atoms with Crippen LogP contribution in [0.2, 0.25) is 0 Å². The van der Waals surface area contributed by atoms with Crippen molar-refractivity contribution in [1.82, 2.24) is 5.32 Å². The molecule has 1 aromatic rings. The molecule has 0 heterocycles. The molecule has 0 atom stereocenters. The van der Waals surface area contributed by atoms with E-state index in [9.17, 15) is 14.7 Å². The molecule has 104 valence electrons. The summed E-state index contributed by atoms with van der Waals surface area (Å²) in [5.41, 5.74) is -0.642. The SMILES string of the molecule is CCC(CC)(CO)NC(=O)c1ccccc1C(=O)O. The minimum Gasteiger partial charge on any atom is -0.478 e. The first kappa shape index (κ1) is 15.2. The number of carboxylic acids is 1. The highest BCUT2D eigenvalue weighted by atomic mass is 16.4. The molecule has 0 bridgehead atoms. The van der Waals surface area contributed by atoms with E-state index in [0.717, 1.165) is 0 Å². The van der Waals surface area contributed by atoms with Crippen LogP contribution >= 0.6 is 0 Å². The fourth-order valence-electron chi connectivity index (χ4n) is 1.87. The summed E-state index contributed by atoms with van der Waals surface area (Å²) in [6.07, 6.45) is 1.14. The molecule has 0 unspecified atom stereocenters. The van der Waals surface area contributed by atoms with Crippen LogP contribution in [0.1, 0.15) is 47.4 Å². The second-order valence-corrected chi connectivity index (χ2v) is 4.45. The van der Waals surface area contributed by atoms with E-state index in [2.05, 4.69) is 5.32 Å². The molecule has 1 aromatic carbocycles. The van der Waals surface area contributed by atoms with Gasteiger partial charge in [-0.1, -0.05) is 26.0 Å². The van der Waals surface area contributed by atoms with E-state index in [-0.39, 0.29) is 17.7 Å². The zero-order valence-corrected chi connectivity index (χ0v) is 11.1. The van der Waals surface area contributed by atoms with Gasteiger partial charge in [0.15, 0.2) is 0 Å². The van der Waals surface area contributed by atoms with E-state index in [1.807, 2.05) is 13.8 Å². The van der Waals surface area contributed by atoms with Crippen molar-refractivity contribution in [2.24, 2.45) is 0 Å². The Labute approximate surface area is 112 Å². The molecule has 0 aliphatic heterocycles. The Morgan fingerprint density at radius 3 is 2.11 bits per heavy atom. The molecule has 0 saturated heterocycles. The van der Waals surface area contributed by atoms with Crippen molar-refractivity contribution in [1.29, 1.82) is 0 Å². The highest BCUT2D eigenvalue weighted by Gasteiger charge is 2.28.